The third-order valence-corrected chi connectivity index (χ3v) is 2.60. The Hall–Kier alpha value is -1.03. The molecule has 4 nitrogen and oxygen atoms in total. The van der Waals surface area contributed by atoms with Crippen molar-refractivity contribution in [1.29, 1.82) is 0 Å². The molecule has 1 aliphatic carbocycles. The highest BCUT2D eigenvalue weighted by molar-refractivity contribution is 5.80. The number of rotatable bonds is 1. The smallest absolute Gasteiger partial charge is 0.197 e. The van der Waals surface area contributed by atoms with Crippen LogP contribution in [0.5, 0.6) is 0 Å². The van der Waals surface area contributed by atoms with E-state index in [1.54, 1.807) is 0 Å². The number of guanidine groups is 1. The molecule has 0 radical (unpaired) electrons. The van der Waals surface area contributed by atoms with Gasteiger partial charge in [0.15, 0.2) is 5.96 Å². The van der Waals surface area contributed by atoms with Crippen LogP contribution in [0, 0.1) is 0 Å². The standard InChI is InChI=1S/C10H19N3.C3H6.C2H7N/c1-3-7-12-10(11-2)13-8-5-4-6-9-13;1-2-3-1;1-2-3/h3,7H,4-6,8-9H2,1-2H3,(H,11,12);1-3H2;2-3H2,1H3/b7-3-;;. The van der Waals surface area contributed by atoms with Crippen molar-refractivity contribution in [3.8, 4) is 0 Å². The molecule has 2 aliphatic rings. The zero-order chi connectivity index (χ0) is 14.3. The Labute approximate surface area is 119 Å². The summed E-state index contributed by atoms with van der Waals surface area (Å²) in [5.41, 5.74) is 4.85. The largest absolute Gasteiger partial charge is 0.343 e. The second-order valence-electron chi connectivity index (χ2n) is 4.71. The number of piperidine rings is 1. The molecule has 0 unspecified atom stereocenters. The van der Waals surface area contributed by atoms with Gasteiger partial charge >= 0.3 is 0 Å². The Balaban J connectivity index is 0.000000446. The van der Waals surface area contributed by atoms with Gasteiger partial charge < -0.3 is 16.0 Å². The minimum atomic E-state index is 0.750. The van der Waals surface area contributed by atoms with Gasteiger partial charge in [-0.25, -0.2) is 0 Å². The maximum Gasteiger partial charge on any atom is 0.197 e. The zero-order valence-electron chi connectivity index (χ0n) is 13.0. The first-order valence-electron chi connectivity index (χ1n) is 7.59. The molecule has 0 aromatic carbocycles. The zero-order valence-corrected chi connectivity index (χ0v) is 13.0. The number of likely N-dealkylation sites (tertiary alicyclic amines) is 1. The number of aliphatic imine (C=N–C) groups is 1. The van der Waals surface area contributed by atoms with Crippen LogP contribution < -0.4 is 11.1 Å². The van der Waals surface area contributed by atoms with Gasteiger partial charge in [-0.05, 0) is 38.9 Å². The summed E-state index contributed by atoms with van der Waals surface area (Å²) in [7, 11) is 1.83. The predicted octanol–water partition coefficient (Wildman–Crippen LogP) is 2.72. The molecule has 1 heterocycles. The van der Waals surface area contributed by atoms with Crippen molar-refractivity contribution < 1.29 is 0 Å². The van der Waals surface area contributed by atoms with Gasteiger partial charge in [-0.1, -0.05) is 32.3 Å². The lowest BCUT2D eigenvalue weighted by Gasteiger charge is -2.29. The molecule has 0 bridgehead atoms. The molecule has 19 heavy (non-hydrogen) atoms. The van der Waals surface area contributed by atoms with Crippen molar-refractivity contribution in [2.24, 2.45) is 10.7 Å². The van der Waals surface area contributed by atoms with Gasteiger partial charge in [0.2, 0.25) is 0 Å². The first-order chi connectivity index (χ1) is 9.29. The molecule has 0 atom stereocenters. The van der Waals surface area contributed by atoms with E-state index in [0.717, 1.165) is 25.6 Å². The Morgan fingerprint density at radius 2 is 1.63 bits per heavy atom. The highest BCUT2D eigenvalue weighted by Crippen LogP contribution is 2.14. The van der Waals surface area contributed by atoms with Gasteiger partial charge in [-0.2, -0.15) is 0 Å². The van der Waals surface area contributed by atoms with Crippen LogP contribution in [0.15, 0.2) is 17.3 Å². The molecule has 3 N–H and O–H groups in total. The van der Waals surface area contributed by atoms with Crippen molar-refractivity contribution in [3.05, 3.63) is 12.3 Å². The molecule has 2 fully saturated rings. The van der Waals surface area contributed by atoms with Crippen LogP contribution in [0.4, 0.5) is 0 Å². The summed E-state index contributed by atoms with van der Waals surface area (Å²) < 4.78 is 0. The van der Waals surface area contributed by atoms with E-state index in [0.29, 0.717) is 0 Å². The quantitative estimate of drug-likeness (QED) is 0.568. The van der Waals surface area contributed by atoms with Crippen LogP contribution in [0.25, 0.3) is 0 Å². The average molecular weight is 268 g/mol. The SMILES string of the molecule is C/C=C\NC(=NC)N1CCCCC1.C1CC1.CCN. The number of allylic oxidation sites excluding steroid dienone is 1. The molecule has 4 heteroatoms. The lowest BCUT2D eigenvalue weighted by atomic mass is 10.1. The van der Waals surface area contributed by atoms with Crippen molar-refractivity contribution in [2.45, 2.75) is 52.4 Å². The maximum atomic E-state index is 4.85. The van der Waals surface area contributed by atoms with E-state index in [-0.39, 0.29) is 0 Å². The van der Waals surface area contributed by atoms with Gasteiger partial charge in [0, 0.05) is 20.1 Å². The van der Waals surface area contributed by atoms with Crippen LogP contribution in [0.3, 0.4) is 0 Å². The lowest BCUT2D eigenvalue weighted by Crippen LogP contribution is -2.42. The number of nitrogens with two attached hydrogens (primary N) is 1. The molecule has 0 aromatic rings. The lowest BCUT2D eigenvalue weighted by molar-refractivity contribution is 0.335. The van der Waals surface area contributed by atoms with E-state index in [1.807, 2.05) is 33.2 Å². The summed E-state index contributed by atoms with van der Waals surface area (Å²) in [4.78, 5) is 6.54. The van der Waals surface area contributed by atoms with Crippen LogP contribution in [-0.2, 0) is 0 Å². The first kappa shape index (κ1) is 18.0. The van der Waals surface area contributed by atoms with Crippen LogP contribution in [0.1, 0.15) is 52.4 Å². The van der Waals surface area contributed by atoms with Gasteiger partial charge in [-0.3, -0.25) is 4.99 Å². The summed E-state index contributed by atoms with van der Waals surface area (Å²) in [5.74, 6) is 0.998. The van der Waals surface area contributed by atoms with E-state index in [9.17, 15) is 0 Å². The summed E-state index contributed by atoms with van der Waals surface area (Å²) in [5, 5.41) is 3.18. The van der Waals surface area contributed by atoms with Crippen molar-refractivity contribution in [2.75, 3.05) is 26.7 Å². The average Bonchev–Trinajstić information content (AvgIpc) is 3.30. The van der Waals surface area contributed by atoms with Crippen LogP contribution >= 0.6 is 0 Å². The molecular formula is C15H32N4. The molecule has 0 amide bonds. The van der Waals surface area contributed by atoms with E-state index < -0.39 is 0 Å². The molecular weight excluding hydrogens is 236 g/mol. The van der Waals surface area contributed by atoms with E-state index in [2.05, 4.69) is 15.2 Å². The normalized spacial score (nSPS) is 18.1. The second-order valence-corrected chi connectivity index (χ2v) is 4.71. The fourth-order valence-corrected chi connectivity index (χ4v) is 1.56. The van der Waals surface area contributed by atoms with Gasteiger partial charge in [-0.15, -0.1) is 0 Å². The van der Waals surface area contributed by atoms with E-state index in [1.165, 1.54) is 38.5 Å². The first-order valence-corrected chi connectivity index (χ1v) is 7.59. The summed E-state index contributed by atoms with van der Waals surface area (Å²) in [6.07, 6.45) is 12.3. The third kappa shape index (κ3) is 11.8. The molecule has 112 valence electrons. The highest BCUT2D eigenvalue weighted by atomic mass is 15.3. The Morgan fingerprint density at radius 1 is 1.16 bits per heavy atom. The van der Waals surface area contributed by atoms with E-state index >= 15 is 0 Å². The van der Waals surface area contributed by atoms with Crippen LogP contribution in [0.2, 0.25) is 0 Å². The van der Waals surface area contributed by atoms with Gasteiger partial charge in [0.05, 0.1) is 0 Å². The molecule has 1 saturated heterocycles. The Kier molecular flexibility index (Phi) is 12.7. The monoisotopic (exact) mass is 268 g/mol. The van der Waals surface area contributed by atoms with Crippen LogP contribution in [-0.4, -0.2) is 37.5 Å². The fraction of sp³-hybridized carbons (Fsp3) is 0.800. The van der Waals surface area contributed by atoms with Gasteiger partial charge in [0.1, 0.15) is 0 Å². The minimum Gasteiger partial charge on any atom is -0.343 e. The number of hydrogen-bond acceptors (Lipinski definition) is 2. The second kappa shape index (κ2) is 13.4. The van der Waals surface area contributed by atoms with Crippen molar-refractivity contribution in [3.63, 3.8) is 0 Å². The molecule has 0 aromatic heterocycles. The van der Waals surface area contributed by atoms with Crippen molar-refractivity contribution in [1.82, 2.24) is 10.2 Å². The number of nitrogens with one attached hydrogen (secondary N) is 1. The van der Waals surface area contributed by atoms with E-state index in [4.69, 9.17) is 5.73 Å². The predicted molar refractivity (Wildman–Crippen MR) is 85.3 cm³/mol. The fourth-order valence-electron chi connectivity index (χ4n) is 1.56. The third-order valence-electron chi connectivity index (χ3n) is 2.60. The van der Waals surface area contributed by atoms with Crippen molar-refractivity contribution >= 4 is 5.96 Å². The minimum absolute atomic E-state index is 0.750. The summed E-state index contributed by atoms with van der Waals surface area (Å²) in [6, 6.07) is 0. The highest BCUT2D eigenvalue weighted by Gasteiger charge is 2.12. The molecule has 0 spiro atoms. The summed E-state index contributed by atoms with van der Waals surface area (Å²) in [6.45, 7) is 6.92. The Bertz CT molecular complexity index is 238. The molecule has 2 rings (SSSR count). The number of hydrogen-bond donors (Lipinski definition) is 2. The molecule has 1 aliphatic heterocycles. The maximum absolute atomic E-state index is 4.85. The topological polar surface area (TPSA) is 53.7 Å². The summed E-state index contributed by atoms with van der Waals surface area (Å²) >= 11 is 0. The Morgan fingerprint density at radius 3 is 2.00 bits per heavy atom. The molecule has 1 saturated carbocycles. The number of nitrogens with zero attached hydrogens (tertiary/aromatic N) is 2. The van der Waals surface area contributed by atoms with Gasteiger partial charge in [0.25, 0.3) is 0 Å².